The molecule has 1 heteroatoms. The minimum Gasteiger partial charge on any atom is -0.310 e. The lowest BCUT2D eigenvalue weighted by Gasteiger charge is -2.31. The summed E-state index contributed by atoms with van der Waals surface area (Å²) in [6.45, 7) is 11.5. The Morgan fingerprint density at radius 2 is 1.00 bits per heavy atom. The van der Waals surface area contributed by atoms with Gasteiger partial charge in [0.15, 0.2) is 0 Å². The van der Waals surface area contributed by atoms with Crippen molar-refractivity contribution in [2.24, 2.45) is 0 Å². The molecule has 0 atom stereocenters. The van der Waals surface area contributed by atoms with Gasteiger partial charge in [0.1, 0.15) is 0 Å². The normalized spacial score (nSPS) is 13.1. The molecular weight excluding hydrogens is 651 g/mol. The molecule has 1 nitrogen and oxygen atoms in total. The van der Waals surface area contributed by atoms with Crippen LogP contribution >= 0.6 is 0 Å². The number of hydrogen-bond donors (Lipinski definition) is 0. The van der Waals surface area contributed by atoms with Crippen molar-refractivity contribution in [1.82, 2.24) is 0 Å². The lowest BCUT2D eigenvalue weighted by atomic mass is 9.82. The van der Waals surface area contributed by atoms with Gasteiger partial charge in [-0.2, -0.15) is 0 Å². The maximum Gasteiger partial charge on any atom is 0.0546 e. The van der Waals surface area contributed by atoms with E-state index in [2.05, 4.69) is 222 Å². The third-order valence-electron chi connectivity index (χ3n) is 11.5. The van der Waals surface area contributed by atoms with Crippen molar-refractivity contribution in [3.05, 3.63) is 199 Å². The van der Waals surface area contributed by atoms with Gasteiger partial charge in [0.05, 0.1) is 5.69 Å². The monoisotopic (exact) mass is 695 g/mol. The van der Waals surface area contributed by atoms with Crippen molar-refractivity contribution in [3.8, 4) is 44.5 Å². The second-order valence-corrected chi connectivity index (χ2v) is 16.2. The van der Waals surface area contributed by atoms with Gasteiger partial charge in [-0.15, -0.1) is 0 Å². The highest BCUT2D eigenvalue weighted by Gasteiger charge is 2.36. The maximum atomic E-state index is 2.48. The van der Waals surface area contributed by atoms with E-state index in [4.69, 9.17) is 0 Å². The number of rotatable bonds is 6. The molecule has 8 aromatic rings. The summed E-state index contributed by atoms with van der Waals surface area (Å²) in [4.78, 5) is 2.48. The molecular formula is C53H45N. The van der Waals surface area contributed by atoms with Crippen molar-refractivity contribution in [2.45, 2.75) is 45.4 Å². The lowest BCUT2D eigenvalue weighted by molar-refractivity contribution is 0.590. The summed E-state index contributed by atoms with van der Waals surface area (Å²) >= 11 is 0. The molecule has 0 spiro atoms. The van der Waals surface area contributed by atoms with Crippen molar-refractivity contribution in [3.63, 3.8) is 0 Å². The summed E-state index contributed by atoms with van der Waals surface area (Å²) < 4.78 is 0. The van der Waals surface area contributed by atoms with Crippen LogP contribution in [0.15, 0.2) is 182 Å². The van der Waals surface area contributed by atoms with E-state index in [0.29, 0.717) is 0 Å². The molecule has 0 aliphatic heterocycles. The van der Waals surface area contributed by atoms with Gasteiger partial charge in [-0.05, 0) is 102 Å². The molecule has 54 heavy (non-hydrogen) atoms. The largest absolute Gasteiger partial charge is 0.310 e. The molecule has 262 valence electrons. The van der Waals surface area contributed by atoms with Crippen molar-refractivity contribution in [1.29, 1.82) is 0 Å². The molecule has 9 rings (SSSR count). The smallest absolute Gasteiger partial charge is 0.0546 e. The Balaban J connectivity index is 1.27. The van der Waals surface area contributed by atoms with Crippen LogP contribution in [0.1, 0.15) is 51.3 Å². The van der Waals surface area contributed by atoms with E-state index in [0.717, 1.165) is 17.1 Å². The Bertz CT molecular complexity index is 2640. The SMILES string of the molecule is CC(C)(C)c1ccc(-c2ccc(N(c3ccc4c(c3)C(C)(C)c3ccccc3-4)c3ccc4ccccc4c3-c3ccccc3-c3ccccc3)cc2)cc1. The van der Waals surface area contributed by atoms with Crippen LogP contribution in [0.3, 0.4) is 0 Å². The van der Waals surface area contributed by atoms with E-state index in [1.54, 1.807) is 0 Å². The van der Waals surface area contributed by atoms with E-state index in [1.807, 2.05) is 0 Å². The van der Waals surface area contributed by atoms with Crippen molar-refractivity contribution < 1.29 is 0 Å². The summed E-state index contributed by atoms with van der Waals surface area (Å²) in [5.74, 6) is 0. The van der Waals surface area contributed by atoms with Crippen LogP contribution in [0.2, 0.25) is 0 Å². The summed E-state index contributed by atoms with van der Waals surface area (Å²) in [5.41, 5.74) is 17.4. The molecule has 1 aliphatic rings. The summed E-state index contributed by atoms with van der Waals surface area (Å²) in [6, 6.07) is 67.3. The van der Waals surface area contributed by atoms with Gasteiger partial charge in [-0.1, -0.05) is 186 Å². The molecule has 0 saturated carbocycles. The van der Waals surface area contributed by atoms with Gasteiger partial charge in [-0.3, -0.25) is 0 Å². The molecule has 0 radical (unpaired) electrons. The Morgan fingerprint density at radius 1 is 0.426 bits per heavy atom. The van der Waals surface area contributed by atoms with E-state index in [1.165, 1.54) is 72.0 Å². The highest BCUT2D eigenvalue weighted by Crippen LogP contribution is 2.52. The molecule has 1 aliphatic carbocycles. The van der Waals surface area contributed by atoms with Crippen LogP contribution < -0.4 is 4.90 Å². The Hall–Kier alpha value is -6.18. The molecule has 0 amide bonds. The Kier molecular flexibility index (Phi) is 8.12. The molecule has 0 aromatic heterocycles. The average Bonchev–Trinajstić information content (AvgIpc) is 3.43. The highest BCUT2D eigenvalue weighted by atomic mass is 15.1. The number of benzene rings is 8. The zero-order valence-corrected chi connectivity index (χ0v) is 31.8. The summed E-state index contributed by atoms with van der Waals surface area (Å²) in [7, 11) is 0. The van der Waals surface area contributed by atoms with Gasteiger partial charge in [-0.25, -0.2) is 0 Å². The molecule has 0 fully saturated rings. The predicted molar refractivity (Wildman–Crippen MR) is 231 cm³/mol. The quantitative estimate of drug-likeness (QED) is 0.167. The van der Waals surface area contributed by atoms with Gasteiger partial charge in [0, 0.05) is 22.4 Å². The van der Waals surface area contributed by atoms with Gasteiger partial charge in [0.2, 0.25) is 0 Å². The molecule has 0 saturated heterocycles. The minimum absolute atomic E-state index is 0.116. The van der Waals surface area contributed by atoms with E-state index in [9.17, 15) is 0 Å². The molecule has 0 unspecified atom stereocenters. The van der Waals surface area contributed by atoms with E-state index in [-0.39, 0.29) is 10.8 Å². The van der Waals surface area contributed by atoms with Gasteiger partial charge >= 0.3 is 0 Å². The standard InChI is InChI=1S/C53H45N/c1-52(2,3)40-28-23-36(24-29-40)37-25-30-41(31-26-37)54(42-32-33-46-45-20-13-14-22-48(45)53(4,5)49(46)35-42)50-34-27-39-17-9-10-19-44(39)51(50)47-21-12-11-18-43(47)38-15-7-6-8-16-38/h6-35H,1-5H3. The van der Waals surface area contributed by atoms with Crippen molar-refractivity contribution in [2.75, 3.05) is 4.90 Å². The van der Waals surface area contributed by atoms with Crippen LogP contribution in [0.25, 0.3) is 55.3 Å². The summed E-state index contributed by atoms with van der Waals surface area (Å²) in [5, 5.41) is 2.45. The number of nitrogens with zero attached hydrogens (tertiary/aromatic N) is 1. The fourth-order valence-corrected chi connectivity index (χ4v) is 8.52. The lowest BCUT2D eigenvalue weighted by Crippen LogP contribution is -2.17. The third kappa shape index (κ3) is 5.72. The van der Waals surface area contributed by atoms with Crippen LogP contribution in [0.4, 0.5) is 17.1 Å². The van der Waals surface area contributed by atoms with Crippen LogP contribution in [-0.2, 0) is 10.8 Å². The summed E-state index contributed by atoms with van der Waals surface area (Å²) in [6.07, 6.45) is 0. The van der Waals surface area contributed by atoms with Crippen LogP contribution in [0.5, 0.6) is 0 Å². The van der Waals surface area contributed by atoms with Crippen LogP contribution in [-0.4, -0.2) is 0 Å². The second-order valence-electron chi connectivity index (χ2n) is 16.2. The first-order valence-electron chi connectivity index (χ1n) is 19.1. The van der Waals surface area contributed by atoms with Gasteiger partial charge in [0.25, 0.3) is 0 Å². The molecule has 0 N–H and O–H groups in total. The van der Waals surface area contributed by atoms with E-state index >= 15 is 0 Å². The number of hydrogen-bond acceptors (Lipinski definition) is 1. The Morgan fingerprint density at radius 3 is 1.72 bits per heavy atom. The van der Waals surface area contributed by atoms with E-state index < -0.39 is 0 Å². The van der Waals surface area contributed by atoms with Crippen LogP contribution in [0, 0.1) is 0 Å². The molecule has 8 aromatic carbocycles. The highest BCUT2D eigenvalue weighted by molar-refractivity contribution is 6.08. The number of fused-ring (bicyclic) bond motifs is 4. The first kappa shape index (κ1) is 33.6. The average molecular weight is 696 g/mol. The second kappa shape index (κ2) is 13.0. The minimum atomic E-state index is -0.122. The predicted octanol–water partition coefficient (Wildman–Crippen LogP) is 14.9. The Labute approximate surface area is 320 Å². The maximum absolute atomic E-state index is 2.48. The zero-order valence-electron chi connectivity index (χ0n) is 31.8. The third-order valence-corrected chi connectivity index (χ3v) is 11.5. The molecule has 0 heterocycles. The number of anilines is 3. The first-order chi connectivity index (χ1) is 26.2. The fourth-order valence-electron chi connectivity index (χ4n) is 8.52. The van der Waals surface area contributed by atoms with Crippen molar-refractivity contribution >= 4 is 27.8 Å². The van der Waals surface area contributed by atoms with Gasteiger partial charge < -0.3 is 4.90 Å². The topological polar surface area (TPSA) is 3.24 Å². The first-order valence-corrected chi connectivity index (χ1v) is 19.1. The zero-order chi connectivity index (χ0) is 37.0. The fraction of sp³-hybridized carbons (Fsp3) is 0.132. The molecule has 0 bridgehead atoms.